The molecule has 0 bridgehead atoms. The van der Waals surface area contributed by atoms with Gasteiger partial charge < -0.3 is 5.32 Å². The average Bonchev–Trinajstić information content (AvgIpc) is 3.06. The van der Waals surface area contributed by atoms with E-state index in [0.717, 1.165) is 11.3 Å². The highest BCUT2D eigenvalue weighted by Crippen LogP contribution is 2.21. The van der Waals surface area contributed by atoms with E-state index in [1.807, 2.05) is 0 Å². The van der Waals surface area contributed by atoms with E-state index in [2.05, 4.69) is 5.32 Å². The summed E-state index contributed by atoms with van der Waals surface area (Å²) in [5.41, 5.74) is 0.394. The van der Waals surface area contributed by atoms with Crippen molar-refractivity contribution in [1.82, 2.24) is 4.31 Å². The molecule has 0 atom stereocenters. The quantitative estimate of drug-likeness (QED) is 0.785. The maximum Gasteiger partial charge on any atom is 0.252 e. The minimum Gasteiger partial charge on any atom is -0.326 e. The lowest BCUT2D eigenvalue weighted by Gasteiger charge is -2.15. The van der Waals surface area contributed by atoms with Crippen molar-refractivity contribution >= 4 is 44.6 Å². The second-order valence-corrected chi connectivity index (χ2v) is 8.67. The van der Waals surface area contributed by atoms with Gasteiger partial charge in [0, 0.05) is 25.7 Å². The number of carbonyl (C=O) groups is 1. The average molecular weight is 391 g/mol. The van der Waals surface area contributed by atoms with Crippen LogP contribution in [0.15, 0.2) is 39.9 Å². The number of halogens is 2. The summed E-state index contributed by atoms with van der Waals surface area (Å²) in [6.07, 6.45) is 0.501. The first-order valence-corrected chi connectivity index (χ1v) is 9.75. The van der Waals surface area contributed by atoms with Crippen LogP contribution in [0.2, 0.25) is 5.02 Å². The monoisotopic (exact) mass is 390 g/mol. The zero-order valence-corrected chi connectivity index (χ0v) is 15.2. The molecule has 0 aliphatic heterocycles. The lowest BCUT2D eigenvalue weighted by atomic mass is 10.2. The van der Waals surface area contributed by atoms with Gasteiger partial charge in [0.25, 0.3) is 10.0 Å². The Labute approximate surface area is 149 Å². The summed E-state index contributed by atoms with van der Waals surface area (Å²) in [5, 5.41) is 4.22. The maximum atomic E-state index is 13.0. The van der Waals surface area contributed by atoms with Crippen molar-refractivity contribution in [1.29, 1.82) is 0 Å². The van der Waals surface area contributed by atoms with Crippen LogP contribution >= 0.6 is 22.9 Å². The molecule has 0 spiro atoms. The van der Waals surface area contributed by atoms with Crippen molar-refractivity contribution < 1.29 is 17.6 Å². The first-order chi connectivity index (χ1) is 11.3. The number of rotatable bonds is 7. The van der Waals surface area contributed by atoms with Crippen LogP contribution in [0.25, 0.3) is 0 Å². The Morgan fingerprint density at radius 3 is 2.75 bits per heavy atom. The lowest BCUT2D eigenvalue weighted by Crippen LogP contribution is -2.28. The SMILES string of the molecule is CN(CCCC(=O)Nc1ccc(F)c(Cl)c1)S(=O)(=O)c1cccs1. The van der Waals surface area contributed by atoms with Crippen LogP contribution in [0.1, 0.15) is 12.8 Å². The Hall–Kier alpha value is -1.48. The zero-order valence-electron chi connectivity index (χ0n) is 12.8. The zero-order chi connectivity index (χ0) is 17.7. The summed E-state index contributed by atoms with van der Waals surface area (Å²) in [6, 6.07) is 7.11. The third-order valence-corrected chi connectivity index (χ3v) is 6.76. The Kier molecular flexibility index (Phi) is 6.34. The number of benzene rings is 1. The highest BCUT2D eigenvalue weighted by atomic mass is 35.5. The molecular formula is C15H16ClFN2O3S2. The molecule has 0 unspecified atom stereocenters. The molecule has 0 aliphatic carbocycles. The number of hydrogen-bond donors (Lipinski definition) is 1. The van der Waals surface area contributed by atoms with E-state index in [9.17, 15) is 17.6 Å². The molecule has 5 nitrogen and oxygen atoms in total. The van der Waals surface area contributed by atoms with E-state index in [0.29, 0.717) is 12.1 Å². The van der Waals surface area contributed by atoms with E-state index in [1.165, 1.54) is 29.6 Å². The second-order valence-electron chi connectivity index (χ2n) is 5.04. The minimum atomic E-state index is -3.50. The first kappa shape index (κ1) is 18.9. The predicted molar refractivity (Wildman–Crippen MR) is 93.4 cm³/mol. The summed E-state index contributed by atoms with van der Waals surface area (Å²) in [5.74, 6) is -0.852. The van der Waals surface area contributed by atoms with Crippen molar-refractivity contribution in [3.05, 3.63) is 46.6 Å². The van der Waals surface area contributed by atoms with Crippen molar-refractivity contribution in [3.8, 4) is 0 Å². The first-order valence-electron chi connectivity index (χ1n) is 7.05. The third kappa shape index (κ3) is 4.76. The largest absolute Gasteiger partial charge is 0.326 e. The van der Waals surface area contributed by atoms with Gasteiger partial charge in [-0.1, -0.05) is 17.7 Å². The summed E-state index contributed by atoms with van der Waals surface area (Å²) in [4.78, 5) is 11.9. The van der Waals surface area contributed by atoms with Gasteiger partial charge in [-0.25, -0.2) is 17.1 Å². The number of carbonyl (C=O) groups excluding carboxylic acids is 1. The van der Waals surface area contributed by atoms with Crippen molar-refractivity contribution in [3.63, 3.8) is 0 Å². The molecule has 1 aromatic carbocycles. The summed E-state index contributed by atoms with van der Waals surface area (Å²) in [6.45, 7) is 0.220. The molecule has 1 aromatic heterocycles. The number of hydrogen-bond acceptors (Lipinski definition) is 4. The van der Waals surface area contributed by atoms with E-state index >= 15 is 0 Å². The van der Waals surface area contributed by atoms with E-state index in [4.69, 9.17) is 11.6 Å². The predicted octanol–water partition coefficient (Wildman–Crippen LogP) is 3.58. The maximum absolute atomic E-state index is 13.0. The molecule has 1 N–H and O–H groups in total. The topological polar surface area (TPSA) is 66.5 Å². The van der Waals surface area contributed by atoms with Gasteiger partial charge in [0.05, 0.1) is 5.02 Å². The molecule has 2 aromatic rings. The number of anilines is 1. The fraction of sp³-hybridized carbons (Fsp3) is 0.267. The van der Waals surface area contributed by atoms with Gasteiger partial charge in [-0.05, 0) is 36.1 Å². The Balaban J connectivity index is 1.83. The van der Waals surface area contributed by atoms with Crippen LogP contribution in [0.5, 0.6) is 0 Å². The molecule has 1 amide bonds. The highest BCUT2D eigenvalue weighted by Gasteiger charge is 2.21. The summed E-state index contributed by atoms with van der Waals surface area (Å²) >= 11 is 6.79. The van der Waals surface area contributed by atoms with Gasteiger partial charge in [0.2, 0.25) is 5.91 Å². The standard InChI is InChI=1S/C15H16ClFN2O3S2/c1-19(24(21,22)15-5-3-9-23-15)8-2-4-14(20)18-11-6-7-13(17)12(16)10-11/h3,5-7,9-10H,2,4,8H2,1H3,(H,18,20). The van der Waals surface area contributed by atoms with Gasteiger partial charge in [-0.15, -0.1) is 11.3 Å². The molecule has 24 heavy (non-hydrogen) atoms. The summed E-state index contributed by atoms with van der Waals surface area (Å²) < 4.78 is 39.0. The molecule has 1 heterocycles. The van der Waals surface area contributed by atoms with Crippen molar-refractivity contribution in [2.75, 3.05) is 18.9 Å². The van der Waals surface area contributed by atoms with E-state index in [-0.39, 0.29) is 28.1 Å². The van der Waals surface area contributed by atoms with Crippen molar-refractivity contribution in [2.24, 2.45) is 0 Å². The van der Waals surface area contributed by atoms with Crippen LogP contribution in [0.4, 0.5) is 10.1 Å². The molecule has 0 radical (unpaired) electrons. The van der Waals surface area contributed by atoms with E-state index < -0.39 is 15.8 Å². The van der Waals surface area contributed by atoms with Gasteiger partial charge in [-0.2, -0.15) is 0 Å². The molecule has 0 saturated carbocycles. The van der Waals surface area contributed by atoms with Gasteiger partial charge >= 0.3 is 0 Å². The molecule has 0 saturated heterocycles. The van der Waals surface area contributed by atoms with Crippen LogP contribution in [0.3, 0.4) is 0 Å². The number of nitrogens with zero attached hydrogens (tertiary/aromatic N) is 1. The lowest BCUT2D eigenvalue weighted by molar-refractivity contribution is -0.116. The minimum absolute atomic E-state index is 0.0745. The Morgan fingerprint density at radius 2 is 2.12 bits per heavy atom. The summed E-state index contributed by atoms with van der Waals surface area (Å²) in [7, 11) is -2.02. The number of nitrogens with one attached hydrogen (secondary N) is 1. The molecule has 0 aliphatic rings. The van der Waals surface area contributed by atoms with Crippen LogP contribution in [0, 0.1) is 5.82 Å². The molecular weight excluding hydrogens is 375 g/mol. The number of amides is 1. The smallest absolute Gasteiger partial charge is 0.252 e. The fourth-order valence-electron chi connectivity index (χ4n) is 1.94. The van der Waals surface area contributed by atoms with E-state index in [1.54, 1.807) is 17.5 Å². The van der Waals surface area contributed by atoms with Gasteiger partial charge in [0.1, 0.15) is 10.0 Å². The van der Waals surface area contributed by atoms with Gasteiger partial charge in [-0.3, -0.25) is 4.79 Å². The molecule has 130 valence electrons. The fourth-order valence-corrected chi connectivity index (χ4v) is 4.53. The highest BCUT2D eigenvalue weighted by molar-refractivity contribution is 7.91. The van der Waals surface area contributed by atoms with Gasteiger partial charge in [0.15, 0.2) is 0 Å². The normalized spacial score (nSPS) is 11.7. The van der Waals surface area contributed by atoms with Crippen LogP contribution < -0.4 is 5.32 Å². The molecule has 9 heteroatoms. The number of sulfonamides is 1. The molecule has 2 rings (SSSR count). The van der Waals surface area contributed by atoms with Crippen LogP contribution in [-0.4, -0.2) is 32.2 Å². The van der Waals surface area contributed by atoms with Crippen LogP contribution in [-0.2, 0) is 14.8 Å². The third-order valence-electron chi connectivity index (χ3n) is 3.24. The Morgan fingerprint density at radius 1 is 1.38 bits per heavy atom. The Bertz CT molecular complexity index is 810. The number of thiophene rings is 1. The van der Waals surface area contributed by atoms with Crippen molar-refractivity contribution in [2.45, 2.75) is 17.1 Å². The molecule has 0 fully saturated rings. The second kappa shape index (κ2) is 8.06.